The second kappa shape index (κ2) is 7.86. The van der Waals surface area contributed by atoms with Crippen molar-refractivity contribution in [3.8, 4) is 0 Å². The van der Waals surface area contributed by atoms with Crippen LogP contribution >= 0.6 is 0 Å². The summed E-state index contributed by atoms with van der Waals surface area (Å²) in [6.45, 7) is 4.01. The Balaban J connectivity index is 0.00000220. The number of rotatable bonds is 3. The second-order valence-corrected chi connectivity index (χ2v) is 6.54. The number of hydrogen-bond donors (Lipinski definition) is 2. The third-order valence-corrected chi connectivity index (χ3v) is 4.53. The zero-order valence-corrected chi connectivity index (χ0v) is 15.1. The fourth-order valence-electron chi connectivity index (χ4n) is 3.60. The van der Waals surface area contributed by atoms with Crippen LogP contribution in [0.4, 0.5) is 0 Å². The number of ketones is 1. The summed E-state index contributed by atoms with van der Waals surface area (Å²) in [5.41, 5.74) is 0. The van der Waals surface area contributed by atoms with Gasteiger partial charge in [-0.15, -0.1) is 0 Å². The molecule has 6 heteroatoms. The zero-order valence-electron chi connectivity index (χ0n) is 14.1. The van der Waals surface area contributed by atoms with Crippen molar-refractivity contribution in [2.75, 3.05) is 0 Å². The number of Topliss-reactive ketones (excluding diaryl/α,β-unsaturated/α-hetero) is 1. The molecule has 0 aromatic heterocycles. The van der Waals surface area contributed by atoms with E-state index in [0.717, 1.165) is 6.42 Å². The maximum absolute atomic E-state index is 12.2. The van der Waals surface area contributed by atoms with Gasteiger partial charge in [-0.05, 0) is 31.1 Å². The average molecular weight is 305 g/mol. The molecule has 1 heterocycles. The van der Waals surface area contributed by atoms with Crippen LogP contribution in [0.15, 0.2) is 0 Å². The molecule has 2 amide bonds. The molecule has 2 fully saturated rings. The van der Waals surface area contributed by atoms with Crippen LogP contribution in [-0.2, 0) is 14.4 Å². The first kappa shape index (κ1) is 18.8. The molecule has 0 spiro atoms. The van der Waals surface area contributed by atoms with E-state index in [1.165, 1.54) is 0 Å². The normalized spacial score (nSPS) is 32.3. The SMILES string of the molecule is C[C@@H]1C[C@@H]([C@H](O)CC2CC(=O)NC(=O)C2)C(=O)[C@@H](C)C1.[H-].[Na+]. The van der Waals surface area contributed by atoms with Gasteiger partial charge in [0.2, 0.25) is 11.8 Å². The van der Waals surface area contributed by atoms with Crippen LogP contribution < -0.4 is 34.9 Å². The quantitative estimate of drug-likeness (QED) is 0.474. The summed E-state index contributed by atoms with van der Waals surface area (Å²) in [4.78, 5) is 34.8. The monoisotopic (exact) mass is 305 g/mol. The second-order valence-electron chi connectivity index (χ2n) is 6.54. The van der Waals surface area contributed by atoms with E-state index in [-0.39, 0.29) is 79.2 Å². The van der Waals surface area contributed by atoms with Gasteiger partial charge in [-0.1, -0.05) is 13.8 Å². The van der Waals surface area contributed by atoms with Gasteiger partial charge in [0.15, 0.2) is 0 Å². The van der Waals surface area contributed by atoms with Gasteiger partial charge in [0.05, 0.1) is 6.10 Å². The third-order valence-electron chi connectivity index (χ3n) is 4.53. The van der Waals surface area contributed by atoms with Crippen molar-refractivity contribution in [2.24, 2.45) is 23.7 Å². The number of carbonyl (C=O) groups is 3. The Morgan fingerprint density at radius 1 is 1.19 bits per heavy atom. The van der Waals surface area contributed by atoms with E-state index < -0.39 is 6.10 Å². The summed E-state index contributed by atoms with van der Waals surface area (Å²) >= 11 is 0. The number of carbonyl (C=O) groups excluding carboxylic acids is 3. The van der Waals surface area contributed by atoms with E-state index >= 15 is 0 Å². The summed E-state index contributed by atoms with van der Waals surface area (Å²) in [5, 5.41) is 12.6. The van der Waals surface area contributed by atoms with Crippen molar-refractivity contribution in [3.05, 3.63) is 0 Å². The van der Waals surface area contributed by atoms with Crippen LogP contribution in [0.1, 0.15) is 47.4 Å². The van der Waals surface area contributed by atoms with E-state index in [1.54, 1.807) is 0 Å². The van der Waals surface area contributed by atoms with E-state index in [2.05, 4.69) is 12.2 Å². The van der Waals surface area contributed by atoms with Crippen LogP contribution in [0.5, 0.6) is 0 Å². The van der Waals surface area contributed by atoms with Crippen molar-refractivity contribution < 1.29 is 50.5 Å². The maximum Gasteiger partial charge on any atom is 1.00 e. The maximum atomic E-state index is 12.2. The Labute approximate surface area is 149 Å². The van der Waals surface area contributed by atoms with Gasteiger partial charge in [0.25, 0.3) is 0 Å². The first-order valence-corrected chi connectivity index (χ1v) is 7.41. The largest absolute Gasteiger partial charge is 1.00 e. The van der Waals surface area contributed by atoms with Crippen molar-refractivity contribution >= 4 is 17.6 Å². The zero-order chi connectivity index (χ0) is 14.9. The molecule has 5 nitrogen and oxygen atoms in total. The van der Waals surface area contributed by atoms with Gasteiger partial charge in [0.1, 0.15) is 5.78 Å². The van der Waals surface area contributed by atoms with Crippen LogP contribution in [0.25, 0.3) is 0 Å². The van der Waals surface area contributed by atoms with E-state index in [4.69, 9.17) is 0 Å². The Morgan fingerprint density at radius 3 is 2.33 bits per heavy atom. The van der Waals surface area contributed by atoms with Crippen LogP contribution in [-0.4, -0.2) is 28.8 Å². The predicted octanol–water partition coefficient (Wildman–Crippen LogP) is -1.84. The molecule has 0 unspecified atom stereocenters. The predicted molar refractivity (Wildman–Crippen MR) is 73.7 cm³/mol. The molecule has 0 radical (unpaired) electrons. The Hall–Kier alpha value is -0.230. The van der Waals surface area contributed by atoms with Gasteiger partial charge in [0, 0.05) is 24.7 Å². The van der Waals surface area contributed by atoms with Gasteiger partial charge in [-0.2, -0.15) is 0 Å². The molecule has 1 aliphatic heterocycles. The van der Waals surface area contributed by atoms with Gasteiger partial charge < -0.3 is 6.53 Å². The van der Waals surface area contributed by atoms with E-state index in [9.17, 15) is 19.5 Å². The molecule has 2 rings (SSSR count). The molecule has 21 heavy (non-hydrogen) atoms. The molecule has 2 N–H and O–H groups in total. The standard InChI is InChI=1S/C15H23NO4.Na.H/c1-8-3-9(2)15(20)11(4-8)12(17)5-10-6-13(18)16-14(19)7-10;;/h8-12,17H,3-7H2,1-2H3,(H,16,18,19);;/q;+1;-1/t8-,9-,11-,12+;;/m0../s1. The van der Waals surface area contributed by atoms with Gasteiger partial charge in [-0.25, -0.2) is 0 Å². The fourth-order valence-corrected chi connectivity index (χ4v) is 3.60. The van der Waals surface area contributed by atoms with Crippen LogP contribution in [0.3, 0.4) is 0 Å². The molecular weight excluding hydrogens is 281 g/mol. The molecule has 1 saturated carbocycles. The molecule has 114 valence electrons. The summed E-state index contributed by atoms with van der Waals surface area (Å²) in [6, 6.07) is 0. The molecule has 1 aliphatic carbocycles. The number of piperidine rings is 1. The summed E-state index contributed by atoms with van der Waals surface area (Å²) < 4.78 is 0. The molecule has 0 bridgehead atoms. The topological polar surface area (TPSA) is 83.5 Å². The van der Waals surface area contributed by atoms with Crippen molar-refractivity contribution in [3.63, 3.8) is 0 Å². The number of hydrogen-bond acceptors (Lipinski definition) is 4. The van der Waals surface area contributed by atoms with Crippen molar-refractivity contribution in [2.45, 2.75) is 52.1 Å². The minimum absolute atomic E-state index is 0. The first-order valence-electron chi connectivity index (χ1n) is 7.41. The Morgan fingerprint density at radius 2 is 1.76 bits per heavy atom. The Kier molecular flexibility index (Phi) is 7.04. The molecule has 0 aromatic rings. The average Bonchev–Trinajstić information content (AvgIpc) is 2.32. The number of nitrogens with one attached hydrogen (secondary N) is 1. The summed E-state index contributed by atoms with van der Waals surface area (Å²) in [7, 11) is 0. The summed E-state index contributed by atoms with van der Waals surface area (Å²) in [5.74, 6) is -0.499. The minimum Gasteiger partial charge on any atom is -1.00 e. The first-order chi connectivity index (χ1) is 9.36. The smallest absolute Gasteiger partial charge is 1.00 e. The van der Waals surface area contributed by atoms with Crippen molar-refractivity contribution in [1.29, 1.82) is 0 Å². The molecular formula is C15H24NNaO4. The third kappa shape index (κ3) is 4.88. The van der Waals surface area contributed by atoms with Gasteiger partial charge in [-0.3, -0.25) is 19.7 Å². The van der Waals surface area contributed by atoms with Crippen LogP contribution in [0, 0.1) is 23.7 Å². The fraction of sp³-hybridized carbons (Fsp3) is 0.800. The van der Waals surface area contributed by atoms with Crippen LogP contribution in [0.2, 0.25) is 0 Å². The van der Waals surface area contributed by atoms with Gasteiger partial charge >= 0.3 is 29.6 Å². The van der Waals surface area contributed by atoms with Crippen molar-refractivity contribution in [1.82, 2.24) is 5.32 Å². The molecule has 2 aliphatic rings. The molecule has 1 saturated heterocycles. The number of aliphatic hydroxyl groups excluding tert-OH is 1. The number of imide groups is 1. The number of amides is 2. The van der Waals surface area contributed by atoms with E-state index in [0.29, 0.717) is 18.8 Å². The Bertz CT molecular complexity index is 416. The molecule has 4 atom stereocenters. The summed E-state index contributed by atoms with van der Waals surface area (Å²) in [6.07, 6.45) is 1.72. The molecule has 0 aromatic carbocycles. The van der Waals surface area contributed by atoms with E-state index in [1.807, 2.05) is 6.92 Å². The number of aliphatic hydroxyl groups is 1. The minimum atomic E-state index is -0.739.